The van der Waals surface area contributed by atoms with Crippen molar-refractivity contribution in [2.45, 2.75) is 51.2 Å². The van der Waals surface area contributed by atoms with Crippen LogP contribution in [-0.2, 0) is 0 Å². The lowest BCUT2D eigenvalue weighted by atomic mass is 9.95. The van der Waals surface area contributed by atoms with Gasteiger partial charge in [-0.25, -0.2) is 0 Å². The Kier molecular flexibility index (Phi) is 4.79. The number of nitrogens with one attached hydrogen (secondary N) is 1. The van der Waals surface area contributed by atoms with Gasteiger partial charge in [-0.1, -0.05) is 36.8 Å². The molecule has 0 bridgehead atoms. The fourth-order valence-electron chi connectivity index (χ4n) is 3.09. The van der Waals surface area contributed by atoms with E-state index in [0.29, 0.717) is 18.1 Å². The lowest BCUT2D eigenvalue weighted by Crippen LogP contribution is -2.47. The first-order valence-electron chi connectivity index (χ1n) is 7.20. The molecule has 0 spiro atoms. The van der Waals surface area contributed by atoms with Gasteiger partial charge in [0.05, 0.1) is 0 Å². The summed E-state index contributed by atoms with van der Waals surface area (Å²) in [5.41, 5.74) is 1.39. The zero-order valence-electron chi connectivity index (χ0n) is 11.9. The molecular weight excluding hydrogens is 220 g/mol. The molecular formula is C16H26N2. The minimum Gasteiger partial charge on any atom is -0.312 e. The van der Waals surface area contributed by atoms with Crippen molar-refractivity contribution in [2.75, 3.05) is 13.6 Å². The molecule has 0 radical (unpaired) electrons. The Morgan fingerprint density at radius 1 is 1.17 bits per heavy atom. The number of piperidine rings is 1. The molecule has 1 N–H and O–H groups in total. The van der Waals surface area contributed by atoms with Gasteiger partial charge in [0.2, 0.25) is 0 Å². The van der Waals surface area contributed by atoms with Gasteiger partial charge < -0.3 is 5.32 Å². The van der Waals surface area contributed by atoms with Crippen LogP contribution >= 0.6 is 0 Å². The second kappa shape index (κ2) is 6.35. The number of benzene rings is 1. The number of hydrogen-bond acceptors (Lipinski definition) is 2. The molecule has 0 aromatic heterocycles. The Balaban J connectivity index is 2.05. The van der Waals surface area contributed by atoms with Crippen molar-refractivity contribution in [3.8, 4) is 0 Å². The maximum Gasteiger partial charge on any atom is 0.0447 e. The number of likely N-dealkylation sites (N-methyl/N-ethyl adjacent to an activating group) is 1. The summed E-state index contributed by atoms with van der Waals surface area (Å²) in [5, 5.41) is 3.47. The highest BCUT2D eigenvalue weighted by molar-refractivity contribution is 5.19. The average Bonchev–Trinajstić information content (AvgIpc) is 2.40. The molecule has 1 fully saturated rings. The van der Waals surface area contributed by atoms with Gasteiger partial charge in [-0.05, 0) is 39.3 Å². The summed E-state index contributed by atoms with van der Waals surface area (Å²) in [6, 6.07) is 12.7. The van der Waals surface area contributed by atoms with E-state index in [9.17, 15) is 0 Å². The Bertz CT molecular complexity index is 339. The monoisotopic (exact) mass is 246 g/mol. The molecule has 18 heavy (non-hydrogen) atoms. The first kappa shape index (κ1) is 13.6. The van der Waals surface area contributed by atoms with Crippen molar-refractivity contribution in [3.63, 3.8) is 0 Å². The maximum atomic E-state index is 3.47. The van der Waals surface area contributed by atoms with E-state index < -0.39 is 0 Å². The lowest BCUT2D eigenvalue weighted by molar-refractivity contribution is 0.0920. The third-order valence-electron chi connectivity index (χ3n) is 4.32. The van der Waals surface area contributed by atoms with Crippen molar-refractivity contribution in [3.05, 3.63) is 35.9 Å². The molecule has 0 saturated carbocycles. The standard InChI is InChI=1S/C16H26N2/c1-13-8-7-9-14(2)18(13)12-16(17-3)15-10-5-4-6-11-15/h4-6,10-11,13-14,16-17H,7-9,12H2,1-3H3. The minimum absolute atomic E-state index is 0.439. The van der Waals surface area contributed by atoms with Crippen molar-refractivity contribution >= 4 is 0 Å². The van der Waals surface area contributed by atoms with Gasteiger partial charge in [-0.2, -0.15) is 0 Å². The van der Waals surface area contributed by atoms with Crippen LogP contribution in [0.4, 0.5) is 0 Å². The van der Waals surface area contributed by atoms with E-state index in [1.165, 1.54) is 24.8 Å². The van der Waals surface area contributed by atoms with E-state index in [0.717, 1.165) is 6.54 Å². The summed E-state index contributed by atoms with van der Waals surface area (Å²) in [7, 11) is 2.07. The van der Waals surface area contributed by atoms with Crippen LogP contribution in [0.1, 0.15) is 44.7 Å². The zero-order valence-corrected chi connectivity index (χ0v) is 11.9. The molecule has 0 amide bonds. The van der Waals surface area contributed by atoms with Gasteiger partial charge in [0.25, 0.3) is 0 Å². The summed E-state index contributed by atoms with van der Waals surface area (Å²) in [5.74, 6) is 0. The molecule has 0 aliphatic carbocycles. The van der Waals surface area contributed by atoms with Crippen LogP contribution in [0.25, 0.3) is 0 Å². The number of rotatable bonds is 4. The van der Waals surface area contributed by atoms with Crippen LogP contribution in [0, 0.1) is 0 Å². The Hall–Kier alpha value is -0.860. The highest BCUT2D eigenvalue weighted by Crippen LogP contribution is 2.25. The zero-order chi connectivity index (χ0) is 13.0. The van der Waals surface area contributed by atoms with E-state index in [-0.39, 0.29) is 0 Å². The highest BCUT2D eigenvalue weighted by atomic mass is 15.2. The molecule has 1 heterocycles. The fraction of sp³-hybridized carbons (Fsp3) is 0.625. The minimum atomic E-state index is 0.439. The molecule has 1 aliphatic heterocycles. The first-order chi connectivity index (χ1) is 8.72. The van der Waals surface area contributed by atoms with Crippen LogP contribution in [0.5, 0.6) is 0 Å². The van der Waals surface area contributed by atoms with E-state index in [1.807, 2.05) is 0 Å². The molecule has 2 rings (SSSR count). The highest BCUT2D eigenvalue weighted by Gasteiger charge is 2.26. The SMILES string of the molecule is CNC(CN1C(C)CCCC1C)c1ccccc1. The Labute approximate surface area is 111 Å². The van der Waals surface area contributed by atoms with Crippen molar-refractivity contribution in [2.24, 2.45) is 0 Å². The van der Waals surface area contributed by atoms with Crippen LogP contribution in [0.2, 0.25) is 0 Å². The second-order valence-corrected chi connectivity index (χ2v) is 5.58. The Morgan fingerprint density at radius 3 is 2.33 bits per heavy atom. The molecule has 3 unspecified atom stereocenters. The normalized spacial score (nSPS) is 27.1. The van der Waals surface area contributed by atoms with Crippen molar-refractivity contribution in [1.29, 1.82) is 0 Å². The van der Waals surface area contributed by atoms with Gasteiger partial charge >= 0.3 is 0 Å². The number of nitrogens with zero attached hydrogens (tertiary/aromatic N) is 1. The molecule has 1 aromatic carbocycles. The van der Waals surface area contributed by atoms with Gasteiger partial charge in [-0.3, -0.25) is 4.90 Å². The van der Waals surface area contributed by atoms with Gasteiger partial charge in [0.1, 0.15) is 0 Å². The van der Waals surface area contributed by atoms with Crippen molar-refractivity contribution in [1.82, 2.24) is 10.2 Å². The van der Waals surface area contributed by atoms with Crippen LogP contribution in [0.3, 0.4) is 0 Å². The predicted molar refractivity (Wildman–Crippen MR) is 77.7 cm³/mol. The third kappa shape index (κ3) is 3.12. The van der Waals surface area contributed by atoms with E-state index in [2.05, 4.69) is 61.4 Å². The number of likely N-dealkylation sites (tertiary alicyclic amines) is 1. The molecule has 100 valence electrons. The second-order valence-electron chi connectivity index (χ2n) is 5.58. The van der Waals surface area contributed by atoms with Crippen LogP contribution < -0.4 is 5.32 Å². The fourth-order valence-corrected chi connectivity index (χ4v) is 3.09. The lowest BCUT2D eigenvalue weighted by Gasteiger charge is -2.41. The van der Waals surface area contributed by atoms with E-state index >= 15 is 0 Å². The van der Waals surface area contributed by atoms with Gasteiger partial charge in [0, 0.05) is 24.7 Å². The summed E-state index contributed by atoms with van der Waals surface area (Å²) < 4.78 is 0. The van der Waals surface area contributed by atoms with Gasteiger partial charge in [-0.15, -0.1) is 0 Å². The first-order valence-corrected chi connectivity index (χ1v) is 7.20. The smallest absolute Gasteiger partial charge is 0.0447 e. The Morgan fingerprint density at radius 2 is 1.78 bits per heavy atom. The van der Waals surface area contributed by atoms with E-state index in [4.69, 9.17) is 0 Å². The molecule has 3 atom stereocenters. The molecule has 2 heteroatoms. The summed E-state index contributed by atoms with van der Waals surface area (Å²) in [6.45, 7) is 5.85. The molecule has 1 saturated heterocycles. The average molecular weight is 246 g/mol. The van der Waals surface area contributed by atoms with Gasteiger partial charge in [0.15, 0.2) is 0 Å². The van der Waals surface area contributed by atoms with Crippen LogP contribution in [-0.4, -0.2) is 30.6 Å². The summed E-state index contributed by atoms with van der Waals surface area (Å²) in [4.78, 5) is 2.66. The van der Waals surface area contributed by atoms with Crippen molar-refractivity contribution < 1.29 is 0 Å². The summed E-state index contributed by atoms with van der Waals surface area (Å²) >= 11 is 0. The molecule has 2 nitrogen and oxygen atoms in total. The van der Waals surface area contributed by atoms with Crippen LogP contribution in [0.15, 0.2) is 30.3 Å². The number of hydrogen-bond donors (Lipinski definition) is 1. The third-order valence-corrected chi connectivity index (χ3v) is 4.32. The summed E-state index contributed by atoms with van der Waals surface area (Å²) in [6.07, 6.45) is 4.07. The molecule has 1 aliphatic rings. The van der Waals surface area contributed by atoms with E-state index in [1.54, 1.807) is 0 Å². The molecule has 1 aromatic rings. The topological polar surface area (TPSA) is 15.3 Å². The predicted octanol–water partition coefficient (Wildman–Crippen LogP) is 3.21. The maximum absolute atomic E-state index is 3.47. The quantitative estimate of drug-likeness (QED) is 0.877. The largest absolute Gasteiger partial charge is 0.312 e.